The average Bonchev–Trinajstić information content (AvgIpc) is 2.30. The van der Waals surface area contributed by atoms with Gasteiger partial charge in [0.15, 0.2) is 0 Å². The number of rotatable bonds is 6. The van der Waals surface area contributed by atoms with Gasteiger partial charge in [-0.25, -0.2) is 4.39 Å². The molecule has 1 atom stereocenters. The van der Waals surface area contributed by atoms with Crippen molar-refractivity contribution in [1.29, 1.82) is 5.26 Å². The number of halogens is 1. The Morgan fingerprint density at radius 3 is 2.82 bits per heavy atom. The van der Waals surface area contributed by atoms with Gasteiger partial charge in [0.05, 0.1) is 12.5 Å². The lowest BCUT2D eigenvalue weighted by atomic mass is 10.1. The topological polar surface area (TPSA) is 35.8 Å². The molecule has 0 radical (unpaired) electrons. The third kappa shape index (κ3) is 4.54. The lowest BCUT2D eigenvalue weighted by Crippen LogP contribution is -2.30. The standard InChI is InChI=1S/C14H19FN2/c1-3-14(6-8-16)17-9-7-12-4-5-13(15)10-11(12)2/h4-5,10,14,17H,3,6-7,9H2,1-2H3. The Hall–Kier alpha value is -1.40. The second-order valence-electron chi connectivity index (χ2n) is 4.24. The van der Waals surface area contributed by atoms with Gasteiger partial charge in [-0.15, -0.1) is 0 Å². The molecule has 0 aromatic heterocycles. The molecule has 1 aromatic rings. The number of hydrogen-bond donors (Lipinski definition) is 1. The Labute approximate surface area is 102 Å². The molecule has 0 aliphatic rings. The van der Waals surface area contributed by atoms with Crippen LogP contribution in [-0.4, -0.2) is 12.6 Å². The highest BCUT2D eigenvalue weighted by Gasteiger charge is 2.05. The number of hydrogen-bond acceptors (Lipinski definition) is 2. The molecule has 17 heavy (non-hydrogen) atoms. The first-order valence-electron chi connectivity index (χ1n) is 6.02. The van der Waals surface area contributed by atoms with Gasteiger partial charge in [0.2, 0.25) is 0 Å². The second kappa shape index (κ2) is 7.03. The van der Waals surface area contributed by atoms with Crippen LogP contribution in [0.15, 0.2) is 18.2 Å². The summed E-state index contributed by atoms with van der Waals surface area (Å²) in [4.78, 5) is 0. The van der Waals surface area contributed by atoms with Gasteiger partial charge in [0, 0.05) is 6.04 Å². The minimum Gasteiger partial charge on any atom is -0.313 e. The predicted molar refractivity (Wildman–Crippen MR) is 67.2 cm³/mol. The zero-order valence-electron chi connectivity index (χ0n) is 10.5. The molecule has 92 valence electrons. The molecule has 1 aromatic carbocycles. The van der Waals surface area contributed by atoms with E-state index in [0.717, 1.165) is 30.5 Å². The Morgan fingerprint density at radius 2 is 2.24 bits per heavy atom. The van der Waals surface area contributed by atoms with Crippen molar-refractivity contribution in [3.05, 3.63) is 35.1 Å². The molecule has 0 aliphatic heterocycles. The highest BCUT2D eigenvalue weighted by atomic mass is 19.1. The van der Waals surface area contributed by atoms with Crippen molar-refractivity contribution in [3.63, 3.8) is 0 Å². The maximum Gasteiger partial charge on any atom is 0.123 e. The number of benzene rings is 1. The molecule has 2 nitrogen and oxygen atoms in total. The Balaban J connectivity index is 2.43. The van der Waals surface area contributed by atoms with Crippen LogP contribution in [-0.2, 0) is 6.42 Å². The Bertz CT molecular complexity index is 396. The van der Waals surface area contributed by atoms with E-state index in [1.165, 1.54) is 6.07 Å². The van der Waals surface area contributed by atoms with Crippen LogP contribution in [0.5, 0.6) is 0 Å². The van der Waals surface area contributed by atoms with Gasteiger partial charge in [-0.05, 0) is 49.6 Å². The average molecular weight is 234 g/mol. The number of nitrogens with zero attached hydrogens (tertiary/aromatic N) is 1. The van der Waals surface area contributed by atoms with Gasteiger partial charge in [0.25, 0.3) is 0 Å². The van der Waals surface area contributed by atoms with Crippen molar-refractivity contribution in [3.8, 4) is 6.07 Å². The fourth-order valence-corrected chi connectivity index (χ4v) is 1.82. The largest absolute Gasteiger partial charge is 0.313 e. The van der Waals surface area contributed by atoms with Gasteiger partial charge in [0.1, 0.15) is 5.82 Å². The van der Waals surface area contributed by atoms with Crippen LogP contribution in [0.4, 0.5) is 4.39 Å². The summed E-state index contributed by atoms with van der Waals surface area (Å²) in [6, 6.07) is 7.32. The quantitative estimate of drug-likeness (QED) is 0.821. The first kappa shape index (κ1) is 13.7. The zero-order valence-corrected chi connectivity index (χ0v) is 10.5. The molecule has 0 amide bonds. The van der Waals surface area contributed by atoms with Crippen molar-refractivity contribution < 1.29 is 4.39 Å². The van der Waals surface area contributed by atoms with Gasteiger partial charge < -0.3 is 5.32 Å². The lowest BCUT2D eigenvalue weighted by molar-refractivity contribution is 0.508. The minimum absolute atomic E-state index is 0.185. The van der Waals surface area contributed by atoms with E-state index in [1.807, 2.05) is 13.0 Å². The predicted octanol–water partition coefficient (Wildman–Crippen LogP) is 2.96. The summed E-state index contributed by atoms with van der Waals surface area (Å²) in [5.41, 5.74) is 2.14. The normalized spacial score (nSPS) is 12.1. The lowest BCUT2D eigenvalue weighted by Gasteiger charge is -2.14. The van der Waals surface area contributed by atoms with Crippen LogP contribution in [0.3, 0.4) is 0 Å². The highest BCUT2D eigenvalue weighted by molar-refractivity contribution is 5.26. The zero-order chi connectivity index (χ0) is 12.7. The van der Waals surface area contributed by atoms with Crippen LogP contribution in [0.25, 0.3) is 0 Å². The molecular weight excluding hydrogens is 215 g/mol. The van der Waals surface area contributed by atoms with E-state index in [1.54, 1.807) is 6.07 Å². The van der Waals surface area contributed by atoms with Crippen molar-refractivity contribution in [2.45, 2.75) is 39.2 Å². The van der Waals surface area contributed by atoms with E-state index >= 15 is 0 Å². The van der Waals surface area contributed by atoms with E-state index in [-0.39, 0.29) is 11.9 Å². The molecule has 0 spiro atoms. The Morgan fingerprint density at radius 1 is 1.47 bits per heavy atom. The van der Waals surface area contributed by atoms with Gasteiger partial charge in [-0.2, -0.15) is 5.26 Å². The molecule has 1 rings (SSSR count). The Kier molecular flexibility index (Phi) is 5.65. The smallest absolute Gasteiger partial charge is 0.123 e. The first-order chi connectivity index (χ1) is 8.17. The van der Waals surface area contributed by atoms with Crippen molar-refractivity contribution in [2.24, 2.45) is 0 Å². The van der Waals surface area contributed by atoms with Gasteiger partial charge in [-0.3, -0.25) is 0 Å². The number of nitriles is 1. The third-order valence-electron chi connectivity index (χ3n) is 2.96. The van der Waals surface area contributed by atoms with Crippen molar-refractivity contribution >= 4 is 0 Å². The maximum absolute atomic E-state index is 12.9. The SMILES string of the molecule is CCC(CC#N)NCCc1ccc(F)cc1C. The molecule has 3 heteroatoms. The summed E-state index contributed by atoms with van der Waals surface area (Å²) in [6.45, 7) is 4.82. The number of aryl methyl sites for hydroxylation is 1. The summed E-state index contributed by atoms with van der Waals surface area (Å²) < 4.78 is 12.9. The van der Waals surface area contributed by atoms with E-state index < -0.39 is 0 Å². The fraction of sp³-hybridized carbons (Fsp3) is 0.500. The molecular formula is C14H19FN2. The summed E-state index contributed by atoms with van der Waals surface area (Å²) in [7, 11) is 0. The molecule has 0 aliphatic carbocycles. The molecule has 0 fully saturated rings. The fourth-order valence-electron chi connectivity index (χ4n) is 1.82. The van der Waals surface area contributed by atoms with Crippen molar-refractivity contribution in [2.75, 3.05) is 6.54 Å². The molecule has 0 bridgehead atoms. The molecule has 1 unspecified atom stereocenters. The van der Waals surface area contributed by atoms with Crippen LogP contribution in [0.2, 0.25) is 0 Å². The van der Waals surface area contributed by atoms with Crippen LogP contribution in [0, 0.1) is 24.1 Å². The van der Waals surface area contributed by atoms with Crippen LogP contribution >= 0.6 is 0 Å². The van der Waals surface area contributed by atoms with E-state index in [0.29, 0.717) is 6.42 Å². The summed E-state index contributed by atoms with van der Waals surface area (Å²) in [5.74, 6) is -0.185. The second-order valence-corrected chi connectivity index (χ2v) is 4.24. The summed E-state index contributed by atoms with van der Waals surface area (Å²) in [5, 5.41) is 12.0. The minimum atomic E-state index is -0.185. The maximum atomic E-state index is 12.9. The first-order valence-corrected chi connectivity index (χ1v) is 6.02. The summed E-state index contributed by atoms with van der Waals surface area (Å²) >= 11 is 0. The van der Waals surface area contributed by atoms with Crippen LogP contribution in [0.1, 0.15) is 30.9 Å². The third-order valence-corrected chi connectivity index (χ3v) is 2.96. The van der Waals surface area contributed by atoms with Gasteiger partial charge in [-0.1, -0.05) is 13.0 Å². The van der Waals surface area contributed by atoms with Gasteiger partial charge >= 0.3 is 0 Å². The molecule has 1 N–H and O–H groups in total. The molecule has 0 saturated carbocycles. The molecule has 0 heterocycles. The monoisotopic (exact) mass is 234 g/mol. The highest BCUT2D eigenvalue weighted by Crippen LogP contribution is 2.10. The van der Waals surface area contributed by atoms with Crippen molar-refractivity contribution in [1.82, 2.24) is 5.32 Å². The number of nitrogens with one attached hydrogen (secondary N) is 1. The van der Waals surface area contributed by atoms with E-state index in [2.05, 4.69) is 18.3 Å². The molecule has 0 saturated heterocycles. The van der Waals surface area contributed by atoms with E-state index in [9.17, 15) is 4.39 Å². The summed E-state index contributed by atoms with van der Waals surface area (Å²) in [6.07, 6.45) is 2.36. The van der Waals surface area contributed by atoms with Crippen LogP contribution < -0.4 is 5.32 Å². The van der Waals surface area contributed by atoms with E-state index in [4.69, 9.17) is 5.26 Å².